The Hall–Kier alpha value is -3.22. The lowest BCUT2D eigenvalue weighted by Gasteiger charge is -2.05. The maximum atomic E-state index is 11.7. The number of nitrogens with one attached hydrogen (secondary N) is 1. The topological polar surface area (TPSA) is 93.8 Å². The van der Waals surface area contributed by atoms with Gasteiger partial charge in [0.15, 0.2) is 6.61 Å². The number of hydrogen-bond donors (Lipinski definition) is 1. The third-order valence-electron chi connectivity index (χ3n) is 3.23. The summed E-state index contributed by atoms with van der Waals surface area (Å²) in [6.07, 6.45) is 2.16. The normalized spacial score (nSPS) is 10.5. The molecule has 2 aromatic rings. The molecule has 24 heavy (non-hydrogen) atoms. The van der Waals surface area contributed by atoms with E-state index in [9.17, 15) is 14.9 Å². The van der Waals surface area contributed by atoms with Gasteiger partial charge in [-0.25, -0.2) is 5.43 Å². The fraction of sp³-hybridized carbons (Fsp3) is 0.176. The highest BCUT2D eigenvalue weighted by Gasteiger charge is 2.10. The van der Waals surface area contributed by atoms with Crippen molar-refractivity contribution in [1.82, 2.24) is 5.43 Å². The van der Waals surface area contributed by atoms with Crippen LogP contribution in [0.3, 0.4) is 0 Å². The van der Waals surface area contributed by atoms with Gasteiger partial charge in [-0.1, -0.05) is 31.2 Å². The van der Waals surface area contributed by atoms with E-state index in [0.717, 1.165) is 6.42 Å². The van der Waals surface area contributed by atoms with Crippen molar-refractivity contribution in [2.24, 2.45) is 5.10 Å². The van der Waals surface area contributed by atoms with E-state index < -0.39 is 10.8 Å². The van der Waals surface area contributed by atoms with Crippen molar-refractivity contribution in [1.29, 1.82) is 0 Å². The van der Waals surface area contributed by atoms with Crippen LogP contribution in [-0.2, 0) is 11.2 Å². The Morgan fingerprint density at radius 1 is 1.25 bits per heavy atom. The van der Waals surface area contributed by atoms with Crippen LogP contribution in [0.4, 0.5) is 5.69 Å². The summed E-state index contributed by atoms with van der Waals surface area (Å²) in [5.74, 6) is 0.134. The second kappa shape index (κ2) is 8.42. The second-order valence-electron chi connectivity index (χ2n) is 4.90. The Morgan fingerprint density at radius 2 is 1.96 bits per heavy atom. The van der Waals surface area contributed by atoms with Crippen LogP contribution < -0.4 is 10.2 Å². The van der Waals surface area contributed by atoms with Gasteiger partial charge in [0.05, 0.1) is 16.7 Å². The molecule has 7 heteroatoms. The standard InChI is InChI=1S/C17H17N3O4/c1-2-13-7-9-15(10-8-13)24-12-17(21)19-18-11-14-5-3-4-6-16(14)20(22)23/h3-11H,2,12H2,1H3,(H,19,21)/b18-11+. The number of hydrazone groups is 1. The van der Waals surface area contributed by atoms with Gasteiger partial charge in [-0.15, -0.1) is 0 Å². The summed E-state index contributed by atoms with van der Waals surface area (Å²) in [7, 11) is 0. The molecule has 2 rings (SSSR count). The molecular formula is C17H17N3O4. The van der Waals surface area contributed by atoms with Crippen molar-refractivity contribution >= 4 is 17.8 Å². The SMILES string of the molecule is CCc1ccc(OCC(=O)N/N=C/c2ccccc2[N+](=O)[O-])cc1. The number of ether oxygens (including phenoxy) is 1. The van der Waals surface area contributed by atoms with Crippen molar-refractivity contribution in [2.75, 3.05) is 6.61 Å². The van der Waals surface area contributed by atoms with Gasteiger partial charge < -0.3 is 4.74 Å². The van der Waals surface area contributed by atoms with Crippen molar-refractivity contribution in [3.63, 3.8) is 0 Å². The molecule has 0 saturated heterocycles. The molecule has 1 N–H and O–H groups in total. The van der Waals surface area contributed by atoms with E-state index in [2.05, 4.69) is 17.5 Å². The van der Waals surface area contributed by atoms with Gasteiger partial charge in [-0.2, -0.15) is 5.10 Å². The first-order chi connectivity index (χ1) is 11.6. The van der Waals surface area contributed by atoms with E-state index in [-0.39, 0.29) is 12.3 Å². The molecule has 0 aromatic heterocycles. The van der Waals surface area contributed by atoms with E-state index in [4.69, 9.17) is 4.74 Å². The van der Waals surface area contributed by atoms with Crippen molar-refractivity contribution in [2.45, 2.75) is 13.3 Å². The van der Waals surface area contributed by atoms with E-state index in [1.54, 1.807) is 30.3 Å². The first kappa shape index (κ1) is 17.1. The molecule has 7 nitrogen and oxygen atoms in total. The van der Waals surface area contributed by atoms with Gasteiger partial charge in [0.2, 0.25) is 0 Å². The van der Waals surface area contributed by atoms with Crippen LogP contribution in [0.15, 0.2) is 53.6 Å². The number of aryl methyl sites for hydroxylation is 1. The smallest absolute Gasteiger partial charge is 0.278 e. The highest BCUT2D eigenvalue weighted by molar-refractivity contribution is 5.86. The second-order valence-corrected chi connectivity index (χ2v) is 4.90. The Labute approximate surface area is 139 Å². The van der Waals surface area contributed by atoms with Crippen LogP contribution in [-0.4, -0.2) is 23.7 Å². The highest BCUT2D eigenvalue weighted by Crippen LogP contribution is 2.15. The third kappa shape index (κ3) is 4.91. The minimum atomic E-state index is -0.508. The molecule has 0 fully saturated rings. The van der Waals surface area contributed by atoms with E-state index in [0.29, 0.717) is 11.3 Å². The predicted octanol–water partition coefficient (Wildman–Crippen LogP) is 2.69. The number of nitro groups is 1. The summed E-state index contributed by atoms with van der Waals surface area (Å²) in [5, 5.41) is 14.6. The zero-order chi connectivity index (χ0) is 17.4. The molecular weight excluding hydrogens is 310 g/mol. The van der Waals surface area contributed by atoms with Gasteiger partial charge in [0.1, 0.15) is 5.75 Å². The predicted molar refractivity (Wildman–Crippen MR) is 90.1 cm³/mol. The number of carbonyl (C=O) groups excluding carboxylic acids is 1. The summed E-state index contributed by atoms with van der Waals surface area (Å²) in [5.41, 5.74) is 3.68. The molecule has 1 amide bonds. The molecule has 2 aromatic carbocycles. The summed E-state index contributed by atoms with van der Waals surface area (Å²) in [4.78, 5) is 22.0. The zero-order valence-corrected chi connectivity index (χ0v) is 13.1. The number of rotatable bonds is 7. The maximum absolute atomic E-state index is 11.7. The van der Waals surface area contributed by atoms with Crippen LogP contribution in [0.1, 0.15) is 18.1 Å². The van der Waals surface area contributed by atoms with Gasteiger partial charge in [-0.3, -0.25) is 14.9 Å². The van der Waals surface area contributed by atoms with Crippen molar-refractivity contribution in [3.8, 4) is 5.75 Å². The summed E-state index contributed by atoms with van der Waals surface area (Å²) < 4.78 is 5.34. The Morgan fingerprint density at radius 3 is 2.62 bits per heavy atom. The minimum Gasteiger partial charge on any atom is -0.484 e. The molecule has 0 radical (unpaired) electrons. The lowest BCUT2D eigenvalue weighted by molar-refractivity contribution is -0.385. The van der Waals surface area contributed by atoms with Gasteiger partial charge in [0.25, 0.3) is 11.6 Å². The summed E-state index contributed by atoms with van der Waals surface area (Å²) >= 11 is 0. The third-order valence-corrected chi connectivity index (χ3v) is 3.23. The molecule has 0 saturated carbocycles. The number of amides is 1. The van der Waals surface area contributed by atoms with E-state index in [1.807, 2.05) is 12.1 Å². The first-order valence-electron chi connectivity index (χ1n) is 7.37. The van der Waals surface area contributed by atoms with Crippen molar-refractivity contribution < 1.29 is 14.5 Å². The Bertz CT molecular complexity index is 742. The molecule has 0 spiro atoms. The molecule has 0 bridgehead atoms. The molecule has 0 unspecified atom stereocenters. The molecule has 0 heterocycles. The van der Waals surface area contributed by atoms with Crippen LogP contribution in [0.2, 0.25) is 0 Å². The fourth-order valence-corrected chi connectivity index (χ4v) is 1.94. The molecule has 0 aliphatic carbocycles. The average Bonchev–Trinajstić information content (AvgIpc) is 2.60. The van der Waals surface area contributed by atoms with Gasteiger partial charge >= 0.3 is 0 Å². The molecule has 124 valence electrons. The fourth-order valence-electron chi connectivity index (χ4n) is 1.94. The van der Waals surface area contributed by atoms with E-state index in [1.165, 1.54) is 17.8 Å². The number of nitrogens with zero attached hydrogens (tertiary/aromatic N) is 2. The average molecular weight is 327 g/mol. The first-order valence-corrected chi connectivity index (χ1v) is 7.37. The molecule has 0 atom stereocenters. The van der Waals surface area contributed by atoms with Crippen LogP contribution in [0.25, 0.3) is 0 Å². The lowest BCUT2D eigenvalue weighted by atomic mass is 10.2. The Balaban J connectivity index is 1.85. The molecule has 0 aliphatic rings. The van der Waals surface area contributed by atoms with E-state index >= 15 is 0 Å². The monoisotopic (exact) mass is 327 g/mol. The quantitative estimate of drug-likeness (QED) is 0.480. The van der Waals surface area contributed by atoms with Crippen LogP contribution >= 0.6 is 0 Å². The zero-order valence-electron chi connectivity index (χ0n) is 13.1. The lowest BCUT2D eigenvalue weighted by Crippen LogP contribution is -2.24. The highest BCUT2D eigenvalue weighted by atomic mass is 16.6. The minimum absolute atomic E-state index is 0.0808. The largest absolute Gasteiger partial charge is 0.484 e. The Kier molecular flexibility index (Phi) is 6.01. The molecule has 0 aliphatic heterocycles. The van der Waals surface area contributed by atoms with Gasteiger partial charge in [0, 0.05) is 6.07 Å². The van der Waals surface area contributed by atoms with Crippen LogP contribution in [0, 0.1) is 10.1 Å². The summed E-state index contributed by atoms with van der Waals surface area (Å²) in [6.45, 7) is 1.86. The maximum Gasteiger partial charge on any atom is 0.278 e. The number of nitro benzene ring substituents is 1. The number of carbonyl (C=O) groups is 1. The number of para-hydroxylation sites is 1. The van der Waals surface area contributed by atoms with Crippen molar-refractivity contribution in [3.05, 3.63) is 69.8 Å². The number of hydrogen-bond acceptors (Lipinski definition) is 5. The summed E-state index contributed by atoms with van der Waals surface area (Å²) in [6, 6.07) is 13.6. The number of benzene rings is 2. The van der Waals surface area contributed by atoms with Gasteiger partial charge in [-0.05, 0) is 30.2 Å². The van der Waals surface area contributed by atoms with Crippen LogP contribution in [0.5, 0.6) is 5.75 Å².